The highest BCUT2D eigenvalue weighted by atomic mass is 16.5. The summed E-state index contributed by atoms with van der Waals surface area (Å²) in [6.07, 6.45) is 17.9. The molecule has 0 heterocycles. The molecule has 4 aliphatic carbocycles. The average Bonchev–Trinajstić information content (AvgIpc) is 2.96. The second-order valence-corrected chi connectivity index (χ2v) is 11.9. The summed E-state index contributed by atoms with van der Waals surface area (Å²) in [7, 11) is 0. The van der Waals surface area contributed by atoms with Gasteiger partial charge in [0.15, 0.2) is 0 Å². The molecule has 2 heteroatoms. The Morgan fingerprint density at radius 3 is 2.41 bits per heavy atom. The van der Waals surface area contributed by atoms with Crippen molar-refractivity contribution >= 4 is 5.78 Å². The van der Waals surface area contributed by atoms with Gasteiger partial charge in [0.25, 0.3) is 0 Å². The Balaban J connectivity index is 1.43. The van der Waals surface area contributed by atoms with E-state index in [0.717, 1.165) is 37.7 Å². The van der Waals surface area contributed by atoms with E-state index in [2.05, 4.69) is 27.7 Å². The minimum absolute atomic E-state index is 0.352. The number of carbonyl (C=O) groups excluding carboxylic acids is 1. The van der Waals surface area contributed by atoms with Crippen molar-refractivity contribution in [1.82, 2.24) is 0 Å². The van der Waals surface area contributed by atoms with Crippen molar-refractivity contribution in [2.75, 3.05) is 6.61 Å². The molecule has 7 atom stereocenters. The van der Waals surface area contributed by atoms with E-state index in [1.807, 2.05) is 0 Å². The van der Waals surface area contributed by atoms with Gasteiger partial charge in [-0.1, -0.05) is 53.4 Å². The fourth-order valence-electron chi connectivity index (χ4n) is 8.59. The second-order valence-electron chi connectivity index (χ2n) is 11.9. The van der Waals surface area contributed by atoms with Crippen LogP contribution in [0.2, 0.25) is 0 Å². The van der Waals surface area contributed by atoms with Gasteiger partial charge < -0.3 is 4.74 Å². The van der Waals surface area contributed by atoms with Crippen molar-refractivity contribution in [3.05, 3.63) is 0 Å². The summed E-state index contributed by atoms with van der Waals surface area (Å²) in [4.78, 5) is 12.1. The Morgan fingerprint density at radius 2 is 1.62 bits per heavy atom. The van der Waals surface area contributed by atoms with Crippen molar-refractivity contribution in [3.8, 4) is 0 Å². The Bertz CT molecular complexity index is 599. The lowest BCUT2D eigenvalue weighted by atomic mass is 9.41. The third-order valence-electron chi connectivity index (χ3n) is 10.8. The number of Topliss-reactive ketones (excluding diaryl/α,β-unsaturated/α-hetero) is 1. The molecular weight excluding hydrogens is 356 g/mol. The van der Waals surface area contributed by atoms with E-state index < -0.39 is 0 Å². The van der Waals surface area contributed by atoms with Crippen LogP contribution in [0.25, 0.3) is 0 Å². The number of unbranched alkanes of at least 4 members (excludes halogenated alkanes) is 4. The maximum atomic E-state index is 12.1. The van der Waals surface area contributed by atoms with Crippen molar-refractivity contribution in [2.24, 2.45) is 34.0 Å². The Morgan fingerprint density at radius 1 is 0.862 bits per heavy atom. The molecule has 166 valence electrons. The lowest BCUT2D eigenvalue weighted by Crippen LogP contribution is -2.58. The fraction of sp³-hybridized carbons (Fsp3) is 0.963. The van der Waals surface area contributed by atoms with Gasteiger partial charge in [-0.3, -0.25) is 4.79 Å². The van der Waals surface area contributed by atoms with Crippen LogP contribution in [0.5, 0.6) is 0 Å². The van der Waals surface area contributed by atoms with E-state index in [-0.39, 0.29) is 0 Å². The second kappa shape index (κ2) is 8.29. The van der Waals surface area contributed by atoms with Crippen LogP contribution in [0.4, 0.5) is 0 Å². The van der Waals surface area contributed by atoms with Gasteiger partial charge in [0.05, 0.1) is 6.10 Å². The van der Waals surface area contributed by atoms with E-state index in [0.29, 0.717) is 34.1 Å². The fourth-order valence-corrected chi connectivity index (χ4v) is 8.59. The Labute approximate surface area is 179 Å². The first kappa shape index (κ1) is 21.8. The van der Waals surface area contributed by atoms with Crippen molar-refractivity contribution in [2.45, 2.75) is 124 Å². The molecule has 29 heavy (non-hydrogen) atoms. The molecule has 0 bridgehead atoms. The molecule has 0 saturated heterocycles. The van der Waals surface area contributed by atoms with Gasteiger partial charge >= 0.3 is 0 Å². The molecule has 4 saturated carbocycles. The number of ether oxygens (including phenoxy) is 1. The van der Waals surface area contributed by atoms with Crippen LogP contribution in [0.1, 0.15) is 118 Å². The van der Waals surface area contributed by atoms with E-state index in [1.165, 1.54) is 70.6 Å². The molecular formula is C27H46O2. The monoisotopic (exact) mass is 402 g/mol. The largest absolute Gasteiger partial charge is 0.378 e. The zero-order chi connectivity index (χ0) is 20.7. The zero-order valence-electron chi connectivity index (χ0n) is 19.7. The Hall–Kier alpha value is -0.370. The predicted molar refractivity (Wildman–Crippen MR) is 120 cm³/mol. The maximum Gasteiger partial charge on any atom is 0.133 e. The highest BCUT2D eigenvalue weighted by molar-refractivity contribution is 5.79. The van der Waals surface area contributed by atoms with Crippen molar-refractivity contribution in [3.63, 3.8) is 0 Å². The molecule has 0 aromatic rings. The summed E-state index contributed by atoms with van der Waals surface area (Å²) >= 11 is 0. The molecule has 4 fully saturated rings. The van der Waals surface area contributed by atoms with E-state index in [9.17, 15) is 4.79 Å². The maximum absolute atomic E-state index is 12.1. The van der Waals surface area contributed by atoms with Crippen LogP contribution in [0, 0.1) is 34.0 Å². The molecule has 2 nitrogen and oxygen atoms in total. The first-order valence-electron chi connectivity index (χ1n) is 13.0. The average molecular weight is 403 g/mol. The summed E-state index contributed by atoms with van der Waals surface area (Å²) in [5, 5.41) is 0. The Kier molecular flexibility index (Phi) is 6.24. The molecule has 0 aromatic carbocycles. The summed E-state index contributed by atoms with van der Waals surface area (Å²) in [5.74, 6) is 2.87. The SMILES string of the molecule is CCCCCCCO[C@H]1CC[C@@]2(C)[C@@H]3CC[C@H]4CC(=O)CC[C@]4(C)[C@H]3CC[C@]12C. The van der Waals surface area contributed by atoms with Crippen LogP contribution >= 0.6 is 0 Å². The first-order chi connectivity index (χ1) is 13.8. The van der Waals surface area contributed by atoms with E-state index in [4.69, 9.17) is 4.74 Å². The number of ketones is 1. The van der Waals surface area contributed by atoms with Crippen LogP contribution in [-0.2, 0) is 9.53 Å². The van der Waals surface area contributed by atoms with Crippen LogP contribution < -0.4 is 0 Å². The normalized spacial score (nSPS) is 46.8. The summed E-state index contributed by atoms with van der Waals surface area (Å²) in [5.41, 5.74) is 1.20. The van der Waals surface area contributed by atoms with E-state index in [1.54, 1.807) is 0 Å². The lowest BCUT2D eigenvalue weighted by Gasteiger charge is -2.64. The minimum atomic E-state index is 0.352. The van der Waals surface area contributed by atoms with E-state index >= 15 is 0 Å². The topological polar surface area (TPSA) is 26.3 Å². The molecule has 0 aromatic heterocycles. The zero-order valence-corrected chi connectivity index (χ0v) is 19.7. The third kappa shape index (κ3) is 3.54. The van der Waals surface area contributed by atoms with Gasteiger partial charge in [0.1, 0.15) is 5.78 Å². The molecule has 0 N–H and O–H groups in total. The van der Waals surface area contributed by atoms with Crippen LogP contribution in [0.15, 0.2) is 0 Å². The van der Waals surface area contributed by atoms with Gasteiger partial charge in [-0.15, -0.1) is 0 Å². The quantitative estimate of drug-likeness (QED) is 0.416. The number of carbonyl (C=O) groups is 1. The van der Waals surface area contributed by atoms with Crippen molar-refractivity contribution in [1.29, 1.82) is 0 Å². The molecule has 4 rings (SSSR count). The molecule has 0 amide bonds. The van der Waals surface area contributed by atoms with Gasteiger partial charge in [0, 0.05) is 19.4 Å². The molecule has 4 aliphatic rings. The molecule has 0 aliphatic heterocycles. The number of rotatable bonds is 7. The molecule has 0 unspecified atom stereocenters. The third-order valence-corrected chi connectivity index (χ3v) is 10.8. The summed E-state index contributed by atoms with van der Waals surface area (Å²) < 4.78 is 6.60. The standard InChI is InChI=1S/C27H46O2/c1-5-6-7-8-9-18-29-24-14-17-26(3)23-11-10-20-19-21(28)12-15-25(20,2)22(23)13-16-27(24,26)4/h20,22-24H,5-19H2,1-4H3/t20-,22-,23+,24-,25-,26-,27+/m0/s1. The highest BCUT2D eigenvalue weighted by Crippen LogP contribution is 2.71. The van der Waals surface area contributed by atoms with Crippen LogP contribution in [-0.4, -0.2) is 18.5 Å². The van der Waals surface area contributed by atoms with Crippen LogP contribution in [0.3, 0.4) is 0 Å². The minimum Gasteiger partial charge on any atom is -0.378 e. The summed E-state index contributed by atoms with van der Waals surface area (Å²) in [6, 6.07) is 0. The first-order valence-corrected chi connectivity index (χ1v) is 13.0. The van der Waals surface area contributed by atoms with Crippen molar-refractivity contribution < 1.29 is 9.53 Å². The molecule has 0 spiro atoms. The van der Waals surface area contributed by atoms with Gasteiger partial charge in [-0.25, -0.2) is 0 Å². The molecule has 0 radical (unpaired) electrons. The predicted octanol–water partition coefficient (Wildman–Crippen LogP) is 7.34. The van der Waals surface area contributed by atoms with Gasteiger partial charge in [-0.2, -0.15) is 0 Å². The van der Waals surface area contributed by atoms with Gasteiger partial charge in [-0.05, 0) is 85.4 Å². The number of fused-ring (bicyclic) bond motifs is 5. The highest BCUT2D eigenvalue weighted by Gasteiger charge is 2.65. The lowest BCUT2D eigenvalue weighted by molar-refractivity contribution is -0.172. The number of hydrogen-bond acceptors (Lipinski definition) is 2. The van der Waals surface area contributed by atoms with Gasteiger partial charge in [0.2, 0.25) is 0 Å². The summed E-state index contributed by atoms with van der Waals surface area (Å²) in [6.45, 7) is 11.0. The smallest absolute Gasteiger partial charge is 0.133 e. The number of hydrogen-bond donors (Lipinski definition) is 0.